The summed E-state index contributed by atoms with van der Waals surface area (Å²) in [5.74, 6) is -0.915. The van der Waals surface area contributed by atoms with Crippen LogP contribution in [-0.4, -0.2) is 41.0 Å². The molecule has 5 nitrogen and oxygen atoms in total. The topological polar surface area (TPSA) is 69.6 Å². The average molecular weight is 355 g/mol. The molecule has 0 heterocycles. The van der Waals surface area contributed by atoms with Crippen LogP contribution in [0.5, 0.6) is 0 Å². The third kappa shape index (κ3) is 6.89. The number of carboxylic acid groups (broad SMARTS) is 1. The molecule has 6 heteroatoms. The Morgan fingerprint density at radius 2 is 2.00 bits per heavy atom. The Hall–Kier alpha value is -1.59. The molecule has 0 aliphatic rings. The highest BCUT2D eigenvalue weighted by Gasteiger charge is 2.21. The summed E-state index contributed by atoms with van der Waals surface area (Å²) in [6.07, 6.45) is 2.60. The van der Waals surface area contributed by atoms with Crippen molar-refractivity contribution in [3.8, 4) is 0 Å². The van der Waals surface area contributed by atoms with Gasteiger partial charge in [-0.2, -0.15) is 0 Å². The maximum absolute atomic E-state index is 12.3. The average Bonchev–Trinajstić information content (AvgIpc) is 2.53. The zero-order valence-corrected chi connectivity index (χ0v) is 15.3. The third-order valence-electron chi connectivity index (χ3n) is 3.90. The Kier molecular flexibility index (Phi) is 8.79. The molecule has 1 aromatic rings. The number of hydrogen-bond acceptors (Lipinski definition) is 3. The van der Waals surface area contributed by atoms with Crippen molar-refractivity contribution < 1.29 is 14.7 Å². The number of rotatable bonds is 10. The normalized spacial score (nSPS) is 13.3. The summed E-state index contributed by atoms with van der Waals surface area (Å²) in [6.45, 7) is 4.29. The van der Waals surface area contributed by atoms with E-state index < -0.39 is 12.0 Å². The molecule has 0 aromatic heterocycles. The van der Waals surface area contributed by atoms with E-state index in [9.17, 15) is 14.7 Å². The van der Waals surface area contributed by atoms with Crippen molar-refractivity contribution in [3.63, 3.8) is 0 Å². The molecule has 134 valence electrons. The predicted molar refractivity (Wildman–Crippen MR) is 96.1 cm³/mol. The highest BCUT2D eigenvalue weighted by molar-refractivity contribution is 6.31. The van der Waals surface area contributed by atoms with Crippen LogP contribution in [0.4, 0.5) is 0 Å². The van der Waals surface area contributed by atoms with Crippen LogP contribution in [0.3, 0.4) is 0 Å². The fourth-order valence-electron chi connectivity index (χ4n) is 2.48. The number of nitrogens with one attached hydrogen (secondary N) is 1. The van der Waals surface area contributed by atoms with E-state index >= 15 is 0 Å². The molecule has 1 rings (SSSR count). The standard InChI is InChI=1S/C18H27ClN2O3/c1-4-5-10-16(18(23)24)20-13(2)11-17(22)21(3)12-14-8-6-7-9-15(14)19/h6-9,13,16,20H,4-5,10-12H2,1-3H3,(H,23,24). The lowest BCUT2D eigenvalue weighted by Gasteiger charge is -2.23. The first-order valence-electron chi connectivity index (χ1n) is 8.31. The van der Waals surface area contributed by atoms with Crippen LogP contribution < -0.4 is 5.32 Å². The molecule has 0 bridgehead atoms. The molecule has 0 radical (unpaired) electrons. The SMILES string of the molecule is CCCCC(NC(C)CC(=O)N(C)Cc1ccccc1Cl)C(=O)O. The van der Waals surface area contributed by atoms with Gasteiger partial charge in [0.05, 0.1) is 0 Å². The lowest BCUT2D eigenvalue weighted by atomic mass is 10.1. The number of unbranched alkanes of at least 4 members (excludes halogenated alkanes) is 1. The summed E-state index contributed by atoms with van der Waals surface area (Å²) in [5, 5.41) is 12.9. The van der Waals surface area contributed by atoms with Crippen LogP contribution in [-0.2, 0) is 16.1 Å². The van der Waals surface area contributed by atoms with Crippen LogP contribution in [0, 0.1) is 0 Å². The number of carbonyl (C=O) groups is 2. The minimum absolute atomic E-state index is 0.0467. The minimum atomic E-state index is -0.868. The molecule has 0 aliphatic heterocycles. The van der Waals surface area contributed by atoms with E-state index in [0.29, 0.717) is 18.0 Å². The fraction of sp³-hybridized carbons (Fsp3) is 0.556. The van der Waals surface area contributed by atoms with E-state index in [1.165, 1.54) is 0 Å². The molecule has 24 heavy (non-hydrogen) atoms. The highest BCUT2D eigenvalue weighted by atomic mass is 35.5. The molecule has 0 saturated heterocycles. The van der Waals surface area contributed by atoms with Crippen LogP contribution in [0.2, 0.25) is 5.02 Å². The number of halogens is 1. The number of carboxylic acids is 1. The summed E-state index contributed by atoms with van der Waals surface area (Å²) in [6, 6.07) is 6.60. The Morgan fingerprint density at radius 1 is 1.33 bits per heavy atom. The van der Waals surface area contributed by atoms with E-state index in [0.717, 1.165) is 18.4 Å². The van der Waals surface area contributed by atoms with E-state index in [-0.39, 0.29) is 18.4 Å². The maximum atomic E-state index is 12.3. The first-order valence-corrected chi connectivity index (χ1v) is 8.69. The summed E-state index contributed by atoms with van der Waals surface area (Å²) < 4.78 is 0. The first-order chi connectivity index (χ1) is 11.3. The maximum Gasteiger partial charge on any atom is 0.320 e. The second kappa shape index (κ2) is 10.3. The van der Waals surface area contributed by atoms with Gasteiger partial charge in [0.15, 0.2) is 0 Å². The van der Waals surface area contributed by atoms with E-state index in [4.69, 9.17) is 11.6 Å². The van der Waals surface area contributed by atoms with Crippen LogP contribution in [0.1, 0.15) is 45.1 Å². The Morgan fingerprint density at radius 3 is 2.58 bits per heavy atom. The lowest BCUT2D eigenvalue weighted by molar-refractivity contribution is -0.140. The second-order valence-corrected chi connectivity index (χ2v) is 6.55. The molecule has 1 aromatic carbocycles. The van der Waals surface area contributed by atoms with Crippen LogP contribution in [0.25, 0.3) is 0 Å². The van der Waals surface area contributed by atoms with E-state index in [2.05, 4.69) is 5.32 Å². The lowest BCUT2D eigenvalue weighted by Crippen LogP contribution is -2.44. The van der Waals surface area contributed by atoms with Gasteiger partial charge >= 0.3 is 5.97 Å². The van der Waals surface area contributed by atoms with Crippen molar-refractivity contribution in [3.05, 3.63) is 34.9 Å². The quantitative estimate of drug-likeness (QED) is 0.676. The van der Waals surface area contributed by atoms with Gasteiger partial charge in [-0.1, -0.05) is 49.6 Å². The summed E-state index contributed by atoms with van der Waals surface area (Å²) in [7, 11) is 1.73. The van der Waals surface area contributed by atoms with Crippen molar-refractivity contribution in [2.24, 2.45) is 0 Å². The Bertz CT molecular complexity index is 551. The Balaban J connectivity index is 2.53. The molecule has 0 saturated carbocycles. The zero-order chi connectivity index (χ0) is 18.1. The predicted octanol–water partition coefficient (Wildman–Crippen LogP) is 3.31. The van der Waals surface area contributed by atoms with Crippen molar-refractivity contribution in [1.82, 2.24) is 10.2 Å². The van der Waals surface area contributed by atoms with Gasteiger partial charge in [-0.15, -0.1) is 0 Å². The first kappa shape index (κ1) is 20.5. The number of aliphatic carboxylic acids is 1. The molecule has 0 spiro atoms. The zero-order valence-electron chi connectivity index (χ0n) is 14.6. The number of benzene rings is 1. The molecule has 2 N–H and O–H groups in total. The fourth-order valence-corrected chi connectivity index (χ4v) is 2.67. The Labute approximate surface area is 149 Å². The van der Waals surface area contributed by atoms with Gasteiger partial charge in [-0.25, -0.2) is 0 Å². The summed E-state index contributed by atoms with van der Waals surface area (Å²) >= 11 is 6.12. The van der Waals surface area contributed by atoms with E-state index in [1.807, 2.05) is 32.0 Å². The van der Waals surface area contributed by atoms with Crippen LogP contribution in [0.15, 0.2) is 24.3 Å². The molecule has 2 unspecified atom stereocenters. The number of amides is 1. The van der Waals surface area contributed by atoms with Crippen molar-refractivity contribution in [1.29, 1.82) is 0 Å². The van der Waals surface area contributed by atoms with Gasteiger partial charge in [-0.05, 0) is 25.0 Å². The van der Waals surface area contributed by atoms with Gasteiger partial charge in [0.2, 0.25) is 5.91 Å². The largest absolute Gasteiger partial charge is 0.480 e. The summed E-state index contributed by atoms with van der Waals surface area (Å²) in [5.41, 5.74) is 0.891. The van der Waals surface area contributed by atoms with Gasteiger partial charge < -0.3 is 15.3 Å². The number of nitrogens with zero attached hydrogens (tertiary/aromatic N) is 1. The minimum Gasteiger partial charge on any atom is -0.480 e. The molecular formula is C18H27ClN2O3. The smallest absolute Gasteiger partial charge is 0.320 e. The van der Waals surface area contributed by atoms with Gasteiger partial charge in [0, 0.05) is 31.1 Å². The van der Waals surface area contributed by atoms with Gasteiger partial charge in [0.25, 0.3) is 0 Å². The highest BCUT2D eigenvalue weighted by Crippen LogP contribution is 2.17. The van der Waals surface area contributed by atoms with Crippen molar-refractivity contribution in [2.45, 2.75) is 58.2 Å². The third-order valence-corrected chi connectivity index (χ3v) is 4.27. The molecular weight excluding hydrogens is 328 g/mol. The van der Waals surface area contributed by atoms with Gasteiger partial charge in [-0.3, -0.25) is 9.59 Å². The molecule has 0 fully saturated rings. The van der Waals surface area contributed by atoms with Gasteiger partial charge in [0.1, 0.15) is 6.04 Å². The number of carbonyl (C=O) groups excluding carboxylic acids is 1. The molecule has 0 aliphatic carbocycles. The van der Waals surface area contributed by atoms with E-state index in [1.54, 1.807) is 18.0 Å². The van der Waals surface area contributed by atoms with Crippen LogP contribution >= 0.6 is 11.6 Å². The second-order valence-electron chi connectivity index (χ2n) is 6.15. The number of hydrogen-bond donors (Lipinski definition) is 2. The monoisotopic (exact) mass is 354 g/mol. The van der Waals surface area contributed by atoms with Crippen molar-refractivity contribution in [2.75, 3.05) is 7.05 Å². The summed E-state index contributed by atoms with van der Waals surface area (Å²) in [4.78, 5) is 25.2. The molecule has 2 atom stereocenters. The molecule has 1 amide bonds. The van der Waals surface area contributed by atoms with Crippen molar-refractivity contribution >= 4 is 23.5 Å².